The first-order valence-electron chi connectivity index (χ1n) is 8.14. The number of carbonyl (C=O) groups is 1. The molecule has 0 heterocycles. The average molecular weight is 373 g/mol. The monoisotopic (exact) mass is 373 g/mol. The van der Waals surface area contributed by atoms with Gasteiger partial charge in [-0.2, -0.15) is 13.2 Å². The van der Waals surface area contributed by atoms with Crippen LogP contribution in [0, 0.1) is 5.82 Å². The van der Waals surface area contributed by atoms with Crippen molar-refractivity contribution in [3.63, 3.8) is 0 Å². The first-order valence-corrected chi connectivity index (χ1v) is 8.14. The van der Waals surface area contributed by atoms with Crippen molar-refractivity contribution in [2.24, 2.45) is 0 Å². The SMILES string of the molecule is O=C(Nc1ccc(F)c(C(F)(F)F)c1)C(c1ccccc1)c1ccccc1. The first kappa shape index (κ1) is 18.6. The van der Waals surface area contributed by atoms with E-state index in [0.717, 1.165) is 6.07 Å². The quantitative estimate of drug-likeness (QED) is 0.591. The predicted octanol–water partition coefficient (Wildman–Crippen LogP) is 5.62. The van der Waals surface area contributed by atoms with Gasteiger partial charge in [-0.25, -0.2) is 4.39 Å². The number of benzene rings is 3. The molecule has 3 aromatic rings. The van der Waals surface area contributed by atoms with Crippen LogP contribution in [0.4, 0.5) is 23.2 Å². The highest BCUT2D eigenvalue weighted by Gasteiger charge is 2.34. The van der Waals surface area contributed by atoms with Gasteiger partial charge in [-0.1, -0.05) is 60.7 Å². The summed E-state index contributed by atoms with van der Waals surface area (Å²) in [5.74, 6) is -2.61. The fourth-order valence-corrected chi connectivity index (χ4v) is 2.82. The molecule has 0 saturated carbocycles. The Morgan fingerprint density at radius 1 is 0.815 bits per heavy atom. The Labute approximate surface area is 153 Å². The number of nitrogens with one attached hydrogen (secondary N) is 1. The smallest absolute Gasteiger partial charge is 0.325 e. The normalized spacial score (nSPS) is 11.4. The van der Waals surface area contributed by atoms with Gasteiger partial charge in [0.15, 0.2) is 0 Å². The summed E-state index contributed by atoms with van der Waals surface area (Å²) >= 11 is 0. The van der Waals surface area contributed by atoms with E-state index in [1.54, 1.807) is 60.7 Å². The number of hydrogen-bond donors (Lipinski definition) is 1. The highest BCUT2D eigenvalue weighted by molar-refractivity contribution is 5.98. The molecule has 0 aliphatic heterocycles. The fourth-order valence-electron chi connectivity index (χ4n) is 2.82. The van der Waals surface area contributed by atoms with Crippen LogP contribution in [0.2, 0.25) is 0 Å². The average Bonchev–Trinajstić information content (AvgIpc) is 2.64. The lowest BCUT2D eigenvalue weighted by molar-refractivity contribution is -0.140. The molecular weight excluding hydrogens is 358 g/mol. The third-order valence-corrected chi connectivity index (χ3v) is 4.07. The van der Waals surface area contributed by atoms with Gasteiger partial charge < -0.3 is 5.32 Å². The Morgan fingerprint density at radius 2 is 1.33 bits per heavy atom. The Morgan fingerprint density at radius 3 is 1.81 bits per heavy atom. The maximum atomic E-state index is 13.5. The minimum absolute atomic E-state index is 0.120. The summed E-state index contributed by atoms with van der Waals surface area (Å²) in [6, 6.07) is 20.2. The lowest BCUT2D eigenvalue weighted by Crippen LogP contribution is -2.22. The molecule has 6 heteroatoms. The molecule has 0 unspecified atom stereocenters. The summed E-state index contributed by atoms with van der Waals surface area (Å²) in [6.07, 6.45) is -4.84. The van der Waals surface area contributed by atoms with E-state index in [-0.39, 0.29) is 5.69 Å². The fraction of sp³-hybridized carbons (Fsp3) is 0.0952. The van der Waals surface area contributed by atoms with Gasteiger partial charge >= 0.3 is 6.18 Å². The van der Waals surface area contributed by atoms with Crippen LogP contribution in [0.3, 0.4) is 0 Å². The van der Waals surface area contributed by atoms with Crippen molar-refractivity contribution in [3.05, 3.63) is 101 Å². The maximum absolute atomic E-state index is 13.5. The molecule has 27 heavy (non-hydrogen) atoms. The second-order valence-electron chi connectivity index (χ2n) is 5.94. The van der Waals surface area contributed by atoms with E-state index < -0.39 is 29.4 Å². The number of alkyl halides is 3. The highest BCUT2D eigenvalue weighted by Crippen LogP contribution is 2.33. The van der Waals surface area contributed by atoms with Crippen molar-refractivity contribution in [1.82, 2.24) is 0 Å². The lowest BCUT2D eigenvalue weighted by Gasteiger charge is -2.18. The molecule has 0 spiro atoms. The predicted molar refractivity (Wildman–Crippen MR) is 94.8 cm³/mol. The summed E-state index contributed by atoms with van der Waals surface area (Å²) in [5, 5.41) is 2.47. The molecule has 1 N–H and O–H groups in total. The summed E-state index contributed by atoms with van der Waals surface area (Å²) in [5.41, 5.74) is -0.152. The molecule has 0 aliphatic carbocycles. The molecule has 0 saturated heterocycles. The van der Waals surface area contributed by atoms with Crippen LogP contribution in [0.5, 0.6) is 0 Å². The molecule has 3 rings (SSSR count). The molecule has 0 aliphatic rings. The molecule has 0 radical (unpaired) electrons. The van der Waals surface area contributed by atoms with Crippen molar-refractivity contribution in [1.29, 1.82) is 0 Å². The molecule has 0 fully saturated rings. The van der Waals surface area contributed by atoms with Crippen molar-refractivity contribution in [2.45, 2.75) is 12.1 Å². The number of anilines is 1. The van der Waals surface area contributed by atoms with Crippen LogP contribution in [-0.2, 0) is 11.0 Å². The van der Waals surface area contributed by atoms with Crippen LogP contribution in [-0.4, -0.2) is 5.91 Å². The van der Waals surface area contributed by atoms with Crippen molar-refractivity contribution in [3.8, 4) is 0 Å². The van der Waals surface area contributed by atoms with Crippen LogP contribution >= 0.6 is 0 Å². The van der Waals surface area contributed by atoms with E-state index in [0.29, 0.717) is 23.3 Å². The number of carbonyl (C=O) groups excluding carboxylic acids is 1. The Balaban J connectivity index is 1.95. The van der Waals surface area contributed by atoms with E-state index in [9.17, 15) is 22.4 Å². The summed E-state index contributed by atoms with van der Waals surface area (Å²) in [7, 11) is 0. The molecule has 1 amide bonds. The van der Waals surface area contributed by atoms with Crippen molar-refractivity contribution < 1.29 is 22.4 Å². The van der Waals surface area contributed by atoms with Crippen LogP contribution in [0.15, 0.2) is 78.9 Å². The van der Waals surface area contributed by atoms with E-state index >= 15 is 0 Å². The van der Waals surface area contributed by atoms with Crippen LogP contribution < -0.4 is 5.32 Å². The number of hydrogen-bond acceptors (Lipinski definition) is 1. The maximum Gasteiger partial charge on any atom is 0.419 e. The van der Waals surface area contributed by atoms with E-state index in [1.807, 2.05) is 0 Å². The Kier molecular flexibility index (Phi) is 5.26. The molecule has 2 nitrogen and oxygen atoms in total. The van der Waals surface area contributed by atoms with Gasteiger partial charge in [0.05, 0.1) is 11.5 Å². The minimum Gasteiger partial charge on any atom is -0.325 e. The third-order valence-electron chi connectivity index (χ3n) is 4.07. The van der Waals surface area contributed by atoms with E-state index in [4.69, 9.17) is 0 Å². The standard InChI is InChI=1S/C21H15F4NO/c22-18-12-11-16(13-17(18)21(23,24)25)26-20(27)19(14-7-3-1-4-8-14)15-9-5-2-6-10-15/h1-13,19H,(H,26,27). The minimum atomic E-state index is -4.84. The first-order chi connectivity index (χ1) is 12.9. The van der Waals surface area contributed by atoms with Gasteiger partial charge in [-0.15, -0.1) is 0 Å². The molecule has 0 aromatic heterocycles. The molecule has 0 bridgehead atoms. The number of rotatable bonds is 4. The number of amides is 1. The largest absolute Gasteiger partial charge is 0.419 e. The van der Waals surface area contributed by atoms with Gasteiger partial charge in [0.2, 0.25) is 5.91 Å². The molecule has 0 atom stereocenters. The summed E-state index contributed by atoms with van der Waals surface area (Å²) in [4.78, 5) is 12.9. The second-order valence-corrected chi connectivity index (χ2v) is 5.94. The summed E-state index contributed by atoms with van der Waals surface area (Å²) in [6.45, 7) is 0. The van der Waals surface area contributed by atoms with E-state index in [1.165, 1.54) is 0 Å². The Bertz CT molecular complexity index is 884. The van der Waals surface area contributed by atoms with Gasteiger partial charge in [0.25, 0.3) is 0 Å². The molecular formula is C21H15F4NO. The molecule has 3 aromatic carbocycles. The zero-order valence-corrected chi connectivity index (χ0v) is 14.0. The summed E-state index contributed by atoms with van der Waals surface area (Å²) < 4.78 is 52.2. The zero-order valence-electron chi connectivity index (χ0n) is 14.0. The second kappa shape index (κ2) is 7.61. The van der Waals surface area contributed by atoms with Gasteiger partial charge in [0.1, 0.15) is 5.82 Å². The van der Waals surface area contributed by atoms with Crippen LogP contribution in [0.25, 0.3) is 0 Å². The topological polar surface area (TPSA) is 29.1 Å². The third kappa shape index (κ3) is 4.34. The Hall–Kier alpha value is -3.15. The zero-order chi connectivity index (χ0) is 19.4. The van der Waals surface area contributed by atoms with Gasteiger partial charge in [0, 0.05) is 5.69 Å². The van der Waals surface area contributed by atoms with Crippen molar-refractivity contribution >= 4 is 11.6 Å². The van der Waals surface area contributed by atoms with Gasteiger partial charge in [-0.05, 0) is 29.3 Å². The van der Waals surface area contributed by atoms with Gasteiger partial charge in [-0.3, -0.25) is 4.79 Å². The lowest BCUT2D eigenvalue weighted by atomic mass is 9.90. The number of halogens is 4. The van der Waals surface area contributed by atoms with E-state index in [2.05, 4.69) is 5.32 Å². The molecule has 138 valence electrons. The highest BCUT2D eigenvalue weighted by atomic mass is 19.4. The van der Waals surface area contributed by atoms with Crippen LogP contribution in [0.1, 0.15) is 22.6 Å². The van der Waals surface area contributed by atoms with Crippen molar-refractivity contribution in [2.75, 3.05) is 5.32 Å².